The lowest BCUT2D eigenvalue weighted by Crippen LogP contribution is -2.42. The number of nitrogens with one attached hydrogen (secondary N) is 2. The Morgan fingerprint density at radius 1 is 1.48 bits per heavy atom. The van der Waals surface area contributed by atoms with Gasteiger partial charge in [-0.15, -0.1) is 0 Å². The van der Waals surface area contributed by atoms with Gasteiger partial charge < -0.3 is 14.8 Å². The lowest BCUT2D eigenvalue weighted by Gasteiger charge is -2.26. The van der Waals surface area contributed by atoms with Crippen molar-refractivity contribution in [2.45, 2.75) is 0 Å². The van der Waals surface area contributed by atoms with Crippen LogP contribution in [0.4, 0.5) is 0 Å². The number of hydrogen-bond acceptors (Lipinski definition) is 5. The van der Waals surface area contributed by atoms with Crippen LogP contribution in [0.25, 0.3) is 0 Å². The van der Waals surface area contributed by atoms with Gasteiger partial charge >= 0.3 is 0 Å². The highest BCUT2D eigenvalue weighted by Crippen LogP contribution is 2.21. The maximum absolute atomic E-state index is 5.32. The summed E-state index contributed by atoms with van der Waals surface area (Å²) in [6.45, 7) is 5.28. The molecule has 2 rings (SSSR count). The highest BCUT2D eigenvalue weighted by atomic mass is 79.9. The van der Waals surface area contributed by atoms with Crippen LogP contribution in [-0.4, -0.2) is 62.7 Å². The molecule has 1 saturated heterocycles. The summed E-state index contributed by atoms with van der Waals surface area (Å²) in [6, 6.07) is 5.73. The maximum Gasteiger partial charge on any atom is 0.187 e. The molecule has 1 aliphatic heterocycles. The quantitative estimate of drug-likeness (QED) is 0.429. The average molecular weight is 401 g/mol. The van der Waals surface area contributed by atoms with Gasteiger partial charge in [0.1, 0.15) is 5.75 Å². The molecule has 1 heterocycles. The molecule has 0 bridgehead atoms. The van der Waals surface area contributed by atoms with Gasteiger partial charge in [0.25, 0.3) is 0 Å². The number of hydrazone groups is 1. The first-order chi connectivity index (χ1) is 11.2. The minimum Gasteiger partial charge on any atom is -0.496 e. The van der Waals surface area contributed by atoms with Crippen molar-refractivity contribution < 1.29 is 9.47 Å². The summed E-state index contributed by atoms with van der Waals surface area (Å²) >= 11 is 8.63. The van der Waals surface area contributed by atoms with Crippen molar-refractivity contribution in [1.29, 1.82) is 0 Å². The molecule has 0 spiro atoms. The van der Waals surface area contributed by atoms with Crippen LogP contribution in [0.1, 0.15) is 5.56 Å². The van der Waals surface area contributed by atoms with Crippen LogP contribution in [0.15, 0.2) is 27.8 Å². The van der Waals surface area contributed by atoms with E-state index in [2.05, 4.69) is 36.7 Å². The van der Waals surface area contributed by atoms with Crippen molar-refractivity contribution in [3.05, 3.63) is 28.2 Å². The summed E-state index contributed by atoms with van der Waals surface area (Å²) in [5.41, 5.74) is 3.68. The van der Waals surface area contributed by atoms with Crippen LogP contribution in [0.2, 0.25) is 0 Å². The summed E-state index contributed by atoms with van der Waals surface area (Å²) in [6.07, 6.45) is 1.68. The zero-order valence-electron chi connectivity index (χ0n) is 13.0. The van der Waals surface area contributed by atoms with E-state index in [0.29, 0.717) is 5.11 Å². The van der Waals surface area contributed by atoms with Gasteiger partial charge in [0, 0.05) is 36.2 Å². The lowest BCUT2D eigenvalue weighted by atomic mass is 10.2. The molecule has 1 fully saturated rings. The molecule has 0 atom stereocenters. The van der Waals surface area contributed by atoms with Gasteiger partial charge in [0.2, 0.25) is 0 Å². The summed E-state index contributed by atoms with van der Waals surface area (Å²) in [5, 5.41) is 7.79. The van der Waals surface area contributed by atoms with Gasteiger partial charge in [-0.1, -0.05) is 15.9 Å². The van der Waals surface area contributed by atoms with Gasteiger partial charge in [-0.3, -0.25) is 10.3 Å². The Hall–Kier alpha value is -1.22. The Morgan fingerprint density at radius 2 is 2.26 bits per heavy atom. The first kappa shape index (κ1) is 18.1. The average Bonchev–Trinajstić information content (AvgIpc) is 2.56. The van der Waals surface area contributed by atoms with Crippen molar-refractivity contribution >= 4 is 39.5 Å². The number of ether oxygens (including phenoxy) is 2. The van der Waals surface area contributed by atoms with Crippen molar-refractivity contribution in [2.24, 2.45) is 5.10 Å². The molecule has 0 unspecified atom stereocenters. The topological polar surface area (TPSA) is 58.1 Å². The van der Waals surface area contributed by atoms with E-state index in [9.17, 15) is 0 Å². The molecule has 1 aromatic carbocycles. The summed E-state index contributed by atoms with van der Waals surface area (Å²) in [4.78, 5) is 2.34. The van der Waals surface area contributed by atoms with E-state index in [-0.39, 0.29) is 0 Å². The first-order valence-electron chi connectivity index (χ1n) is 7.39. The number of methoxy groups -OCH3 is 1. The second-order valence-corrected chi connectivity index (χ2v) is 6.29. The second kappa shape index (κ2) is 9.82. The van der Waals surface area contributed by atoms with Crippen molar-refractivity contribution in [2.75, 3.05) is 46.5 Å². The SMILES string of the molecule is COc1ccc(Br)cc1/C=N/NC(=S)NCCN1CCOCC1. The molecule has 1 aliphatic rings. The molecule has 1 aromatic rings. The number of halogens is 1. The molecular formula is C15H21BrN4O2S. The van der Waals surface area contributed by atoms with Gasteiger partial charge in [0.05, 0.1) is 26.5 Å². The largest absolute Gasteiger partial charge is 0.496 e. The fraction of sp³-hybridized carbons (Fsp3) is 0.467. The van der Waals surface area contributed by atoms with E-state index in [0.717, 1.165) is 55.2 Å². The lowest BCUT2D eigenvalue weighted by molar-refractivity contribution is 0.0389. The number of morpholine rings is 1. The Labute approximate surface area is 150 Å². The smallest absolute Gasteiger partial charge is 0.187 e. The predicted molar refractivity (Wildman–Crippen MR) is 99.3 cm³/mol. The van der Waals surface area contributed by atoms with Crippen LogP contribution >= 0.6 is 28.1 Å². The third-order valence-corrected chi connectivity index (χ3v) is 4.11. The van der Waals surface area contributed by atoms with Gasteiger partial charge in [0.15, 0.2) is 5.11 Å². The third kappa shape index (κ3) is 6.42. The van der Waals surface area contributed by atoms with E-state index in [4.69, 9.17) is 21.7 Å². The van der Waals surface area contributed by atoms with Crippen molar-refractivity contribution in [3.8, 4) is 5.75 Å². The van der Waals surface area contributed by atoms with Gasteiger partial charge in [-0.05, 0) is 30.4 Å². The monoisotopic (exact) mass is 400 g/mol. The van der Waals surface area contributed by atoms with Gasteiger partial charge in [-0.25, -0.2) is 0 Å². The fourth-order valence-electron chi connectivity index (χ4n) is 2.16. The van der Waals surface area contributed by atoms with E-state index >= 15 is 0 Å². The molecule has 0 radical (unpaired) electrons. The Balaban J connectivity index is 1.72. The molecule has 0 aliphatic carbocycles. The molecule has 23 heavy (non-hydrogen) atoms. The maximum atomic E-state index is 5.32. The summed E-state index contributed by atoms with van der Waals surface area (Å²) in [7, 11) is 1.63. The van der Waals surface area contributed by atoms with E-state index in [1.54, 1.807) is 13.3 Å². The van der Waals surface area contributed by atoms with Gasteiger partial charge in [-0.2, -0.15) is 5.10 Å². The standard InChI is InChI=1S/C15H21BrN4O2S/c1-21-14-3-2-13(16)10-12(14)11-18-19-15(23)17-4-5-20-6-8-22-9-7-20/h2-3,10-11H,4-9H2,1H3,(H2,17,19,23)/b18-11+. The molecule has 6 nitrogen and oxygen atoms in total. The summed E-state index contributed by atoms with van der Waals surface area (Å²) in [5.74, 6) is 0.755. The highest BCUT2D eigenvalue weighted by Gasteiger charge is 2.09. The number of nitrogens with zero attached hydrogens (tertiary/aromatic N) is 2. The normalized spacial score (nSPS) is 15.6. The van der Waals surface area contributed by atoms with Crippen LogP contribution in [0.5, 0.6) is 5.75 Å². The summed E-state index contributed by atoms with van der Waals surface area (Å²) < 4.78 is 11.6. The molecule has 0 amide bonds. The van der Waals surface area contributed by atoms with Crippen molar-refractivity contribution in [3.63, 3.8) is 0 Å². The predicted octanol–water partition coefficient (Wildman–Crippen LogP) is 1.59. The molecule has 0 aromatic heterocycles. The first-order valence-corrected chi connectivity index (χ1v) is 8.59. The van der Waals surface area contributed by atoms with Crippen LogP contribution in [-0.2, 0) is 4.74 Å². The van der Waals surface area contributed by atoms with E-state index in [1.165, 1.54) is 0 Å². The van der Waals surface area contributed by atoms with E-state index < -0.39 is 0 Å². The number of hydrogen-bond donors (Lipinski definition) is 2. The Bertz CT molecular complexity index is 550. The zero-order chi connectivity index (χ0) is 16.5. The number of rotatable bonds is 6. The zero-order valence-corrected chi connectivity index (χ0v) is 15.5. The van der Waals surface area contributed by atoms with Crippen LogP contribution in [0, 0.1) is 0 Å². The third-order valence-electron chi connectivity index (χ3n) is 3.38. The fourth-order valence-corrected chi connectivity index (χ4v) is 2.69. The molecule has 0 saturated carbocycles. The molecule has 2 N–H and O–H groups in total. The highest BCUT2D eigenvalue weighted by molar-refractivity contribution is 9.10. The van der Waals surface area contributed by atoms with Crippen LogP contribution < -0.4 is 15.5 Å². The Morgan fingerprint density at radius 3 is 3.00 bits per heavy atom. The minimum atomic E-state index is 0.503. The minimum absolute atomic E-state index is 0.503. The van der Waals surface area contributed by atoms with E-state index in [1.807, 2.05) is 18.2 Å². The molecular weight excluding hydrogens is 380 g/mol. The Kier molecular flexibility index (Phi) is 7.73. The van der Waals surface area contributed by atoms with Crippen LogP contribution in [0.3, 0.4) is 0 Å². The second-order valence-electron chi connectivity index (χ2n) is 4.97. The number of thiocarbonyl (C=S) groups is 1. The number of benzene rings is 1. The molecule has 126 valence electrons. The van der Waals surface area contributed by atoms with Crippen molar-refractivity contribution in [1.82, 2.24) is 15.6 Å². The molecule has 8 heteroatoms.